The number of halogens is 8. The minimum Gasteiger partial charge on any atom is -0.444 e. The maximum absolute atomic E-state index is 13.6. The third kappa shape index (κ3) is 7.21. The molecule has 7 nitrogen and oxygen atoms in total. The molecular weight excluding hydrogens is 822 g/mol. The molecule has 1 saturated carbocycles. The Kier molecular flexibility index (Phi) is 9.62. The number of hydrogen-bond donors (Lipinski definition) is 2. The van der Waals surface area contributed by atoms with E-state index in [2.05, 4.69) is 55.2 Å². The third-order valence-corrected chi connectivity index (χ3v) is 9.38. The van der Waals surface area contributed by atoms with E-state index < -0.39 is 45.6 Å². The summed E-state index contributed by atoms with van der Waals surface area (Å²) in [5.41, 5.74) is 0.439. The monoisotopic (exact) mass is 837 g/mol. The van der Waals surface area contributed by atoms with Crippen molar-refractivity contribution in [3.8, 4) is 0 Å². The van der Waals surface area contributed by atoms with E-state index in [4.69, 9.17) is 4.55 Å². The smallest absolute Gasteiger partial charge is 0.432 e. The van der Waals surface area contributed by atoms with Gasteiger partial charge in [0.2, 0.25) is 0 Å². The molecule has 1 aromatic carbocycles. The average molecular weight is 837 g/mol. The van der Waals surface area contributed by atoms with Gasteiger partial charge in [-0.15, -0.1) is 0 Å². The minimum absolute atomic E-state index is 0.0766. The second-order valence-corrected chi connectivity index (χ2v) is 12.1. The summed E-state index contributed by atoms with van der Waals surface area (Å²) in [5.74, 6) is -3.24. The van der Waals surface area contributed by atoms with Crippen LogP contribution in [0.15, 0.2) is 12.1 Å². The quantitative estimate of drug-likeness (QED) is 0.141. The van der Waals surface area contributed by atoms with E-state index in [1.54, 1.807) is 6.07 Å². The standard InChI is InChI=1S/C17H15F5I3NO6S/c18-16(19,20)15(17(21,22)33(29,30)31)32-14(28)7-1-3-9(4-2-7)26-13(27)10-5-8(23)6-11(24)12(10)25/h5-7,9,15H,1-4H2,(H,26,27)(H,29,30,31). The molecule has 0 saturated heterocycles. The van der Waals surface area contributed by atoms with E-state index in [1.807, 2.05) is 28.7 Å². The highest BCUT2D eigenvalue weighted by atomic mass is 127. The highest BCUT2D eigenvalue weighted by Crippen LogP contribution is 2.39. The van der Waals surface area contributed by atoms with Crippen LogP contribution in [0, 0.1) is 16.6 Å². The first-order valence-corrected chi connectivity index (χ1v) is 13.7. The predicted octanol–water partition coefficient (Wildman–Crippen LogP) is 4.74. The molecule has 1 aromatic rings. The van der Waals surface area contributed by atoms with Crippen LogP contribution in [-0.4, -0.2) is 48.4 Å². The van der Waals surface area contributed by atoms with Gasteiger partial charge in [0.25, 0.3) is 12.0 Å². The van der Waals surface area contributed by atoms with Crippen molar-refractivity contribution >= 4 is 89.8 Å². The molecule has 0 aliphatic heterocycles. The van der Waals surface area contributed by atoms with E-state index in [1.165, 1.54) is 0 Å². The summed E-state index contributed by atoms with van der Waals surface area (Å²) < 4.78 is 102. The van der Waals surface area contributed by atoms with Crippen molar-refractivity contribution in [1.82, 2.24) is 5.32 Å². The number of carbonyl (C=O) groups is 2. The predicted molar refractivity (Wildman–Crippen MR) is 130 cm³/mol. The molecule has 1 aliphatic carbocycles. The van der Waals surface area contributed by atoms with E-state index in [9.17, 15) is 40.0 Å². The van der Waals surface area contributed by atoms with Crippen molar-refractivity contribution in [2.24, 2.45) is 5.92 Å². The van der Waals surface area contributed by atoms with Gasteiger partial charge in [0.15, 0.2) is 0 Å². The molecule has 1 aliphatic rings. The Morgan fingerprint density at radius 3 is 2.09 bits per heavy atom. The molecule has 0 heterocycles. The molecule has 0 bridgehead atoms. The number of benzene rings is 1. The fourth-order valence-electron chi connectivity index (χ4n) is 3.13. The second-order valence-electron chi connectivity index (χ2n) is 7.17. The van der Waals surface area contributed by atoms with E-state index in [-0.39, 0.29) is 31.6 Å². The molecule has 2 rings (SSSR count). The molecule has 1 atom stereocenters. The normalized spacial score (nSPS) is 20.8. The second kappa shape index (κ2) is 10.9. The zero-order chi connectivity index (χ0) is 25.4. The fourth-order valence-corrected chi connectivity index (χ4v) is 5.98. The summed E-state index contributed by atoms with van der Waals surface area (Å²) in [5, 5.41) is -2.99. The van der Waals surface area contributed by atoms with Gasteiger partial charge in [-0.1, -0.05) is 0 Å². The lowest BCUT2D eigenvalue weighted by Crippen LogP contribution is -2.53. The van der Waals surface area contributed by atoms with Crippen LogP contribution < -0.4 is 5.32 Å². The molecular formula is C17H15F5I3NO6S. The minimum atomic E-state index is -6.50. The Hall–Kier alpha value is -0.0900. The van der Waals surface area contributed by atoms with Crippen LogP contribution in [0.3, 0.4) is 0 Å². The van der Waals surface area contributed by atoms with Crippen LogP contribution >= 0.6 is 67.8 Å². The number of amides is 1. The topological polar surface area (TPSA) is 110 Å². The van der Waals surface area contributed by atoms with Crippen LogP contribution in [0.4, 0.5) is 22.0 Å². The van der Waals surface area contributed by atoms with Gasteiger partial charge in [-0.2, -0.15) is 30.4 Å². The van der Waals surface area contributed by atoms with Crippen molar-refractivity contribution in [2.75, 3.05) is 0 Å². The number of rotatable bonds is 6. The molecule has 0 radical (unpaired) electrons. The van der Waals surface area contributed by atoms with Gasteiger partial charge >= 0.3 is 27.5 Å². The third-order valence-electron chi connectivity index (χ3n) is 4.81. The van der Waals surface area contributed by atoms with Gasteiger partial charge in [0.1, 0.15) is 0 Å². The number of nitrogens with one attached hydrogen (secondary N) is 1. The largest absolute Gasteiger partial charge is 0.444 e. The lowest BCUT2D eigenvalue weighted by atomic mass is 9.86. The molecule has 16 heteroatoms. The Bertz CT molecular complexity index is 1030. The Labute approximate surface area is 226 Å². The SMILES string of the molecule is O=C(NC1CCC(C(=O)OC(C(F)(F)F)C(F)(F)S(=O)(=O)O)CC1)c1cc(I)cc(I)c1I. The maximum atomic E-state index is 13.6. The van der Waals surface area contributed by atoms with Crippen molar-refractivity contribution < 1.29 is 49.2 Å². The van der Waals surface area contributed by atoms with Crippen molar-refractivity contribution in [3.05, 3.63) is 28.4 Å². The molecule has 2 N–H and O–H groups in total. The first kappa shape index (κ1) is 29.1. The zero-order valence-electron chi connectivity index (χ0n) is 16.1. The summed E-state index contributed by atoms with van der Waals surface area (Å²) in [6.45, 7) is 0. The maximum Gasteiger partial charge on any atom is 0.432 e. The Balaban J connectivity index is 2.03. The summed E-state index contributed by atoms with van der Waals surface area (Å²) in [4.78, 5) is 24.7. The van der Waals surface area contributed by atoms with Crippen LogP contribution in [0.5, 0.6) is 0 Å². The van der Waals surface area contributed by atoms with Crippen LogP contribution in [0.1, 0.15) is 36.0 Å². The molecule has 1 amide bonds. The molecule has 186 valence electrons. The van der Waals surface area contributed by atoms with Crippen LogP contribution in [0.2, 0.25) is 0 Å². The highest BCUT2D eigenvalue weighted by Gasteiger charge is 2.66. The van der Waals surface area contributed by atoms with Gasteiger partial charge in [-0.3, -0.25) is 14.1 Å². The van der Waals surface area contributed by atoms with Crippen molar-refractivity contribution in [2.45, 2.75) is 49.3 Å². The summed E-state index contributed by atoms with van der Waals surface area (Å²) in [7, 11) is -6.50. The molecule has 0 spiro atoms. The van der Waals surface area contributed by atoms with Crippen molar-refractivity contribution in [1.29, 1.82) is 0 Å². The first-order valence-electron chi connectivity index (χ1n) is 9.02. The molecule has 1 unspecified atom stereocenters. The van der Waals surface area contributed by atoms with Gasteiger partial charge in [0, 0.05) is 16.8 Å². The highest BCUT2D eigenvalue weighted by molar-refractivity contribution is 14.1. The number of carbonyl (C=O) groups excluding carboxylic acids is 2. The molecule has 0 aromatic heterocycles. The van der Waals surface area contributed by atoms with Gasteiger partial charge in [0.05, 0.1) is 11.5 Å². The van der Waals surface area contributed by atoms with E-state index >= 15 is 0 Å². The first-order chi connectivity index (χ1) is 14.9. The molecule has 1 fully saturated rings. The Morgan fingerprint density at radius 2 is 1.61 bits per heavy atom. The molecule has 33 heavy (non-hydrogen) atoms. The van der Waals surface area contributed by atoms with Crippen LogP contribution in [-0.2, 0) is 19.6 Å². The number of alkyl halides is 5. The zero-order valence-corrected chi connectivity index (χ0v) is 23.4. The van der Waals surface area contributed by atoms with Gasteiger partial charge < -0.3 is 10.1 Å². The lowest BCUT2D eigenvalue weighted by Gasteiger charge is -2.31. The van der Waals surface area contributed by atoms with Gasteiger partial charge in [-0.05, 0) is 106 Å². The summed E-state index contributed by atoms with van der Waals surface area (Å²) in [6.07, 6.45) is -10.1. The van der Waals surface area contributed by atoms with Crippen molar-refractivity contribution in [3.63, 3.8) is 0 Å². The summed E-state index contributed by atoms with van der Waals surface area (Å²) in [6, 6.07) is 3.16. The van der Waals surface area contributed by atoms with Gasteiger partial charge in [-0.25, -0.2) is 0 Å². The number of hydrogen-bond acceptors (Lipinski definition) is 5. The van der Waals surface area contributed by atoms with Crippen LogP contribution in [0.25, 0.3) is 0 Å². The Morgan fingerprint density at radius 1 is 1.06 bits per heavy atom. The van der Waals surface area contributed by atoms with E-state index in [0.717, 1.165) is 10.7 Å². The number of ether oxygens (including phenoxy) is 1. The van der Waals surface area contributed by atoms with E-state index in [0.29, 0.717) is 5.56 Å². The summed E-state index contributed by atoms with van der Waals surface area (Å²) >= 11 is 6.17. The lowest BCUT2D eigenvalue weighted by molar-refractivity contribution is -0.261. The number of esters is 1. The fraction of sp³-hybridized carbons (Fsp3) is 0.529. The average Bonchev–Trinajstić information content (AvgIpc) is 2.67.